The zero-order valence-electron chi connectivity index (χ0n) is 12.2. The number of hydrogen-bond donors (Lipinski definition) is 0. The summed E-state index contributed by atoms with van der Waals surface area (Å²) in [4.78, 5) is 9.22. The zero-order chi connectivity index (χ0) is 14.7. The highest BCUT2D eigenvalue weighted by Crippen LogP contribution is 2.23. The Balaban J connectivity index is 1.96. The number of imidazole rings is 1. The molecule has 1 fully saturated rings. The van der Waals surface area contributed by atoms with E-state index in [9.17, 15) is 0 Å². The van der Waals surface area contributed by atoms with Gasteiger partial charge in [-0.25, -0.2) is 4.98 Å². The van der Waals surface area contributed by atoms with Crippen LogP contribution in [0.25, 0.3) is 11.2 Å². The molecule has 1 aliphatic heterocycles. The van der Waals surface area contributed by atoms with Crippen LogP contribution in [0.15, 0.2) is 12.1 Å². The summed E-state index contributed by atoms with van der Waals surface area (Å²) in [5, 5.41) is 0. The van der Waals surface area contributed by atoms with Gasteiger partial charge in [-0.1, -0.05) is 0 Å². The fourth-order valence-corrected chi connectivity index (χ4v) is 2.99. The lowest BCUT2D eigenvalue weighted by atomic mass is 10.0. The molecule has 0 bridgehead atoms. The van der Waals surface area contributed by atoms with Crippen LogP contribution in [0, 0.1) is 5.92 Å². The quantitative estimate of drug-likeness (QED) is 0.797. The summed E-state index contributed by atoms with van der Waals surface area (Å²) in [6.07, 6.45) is 3.05. The number of ether oxygens (including phenoxy) is 2. The first-order valence-corrected chi connectivity index (χ1v) is 7.89. The third-order valence-electron chi connectivity index (χ3n) is 3.87. The van der Waals surface area contributed by atoms with Crippen LogP contribution >= 0.6 is 11.6 Å². The van der Waals surface area contributed by atoms with Crippen LogP contribution in [-0.4, -0.2) is 40.7 Å². The molecule has 1 aliphatic rings. The van der Waals surface area contributed by atoms with Gasteiger partial charge in [0, 0.05) is 37.4 Å². The number of rotatable bonds is 5. The number of aryl methyl sites for hydroxylation is 1. The van der Waals surface area contributed by atoms with Crippen molar-refractivity contribution >= 4 is 22.8 Å². The summed E-state index contributed by atoms with van der Waals surface area (Å²) in [5.74, 6) is 2.67. The van der Waals surface area contributed by atoms with Gasteiger partial charge in [0.05, 0.1) is 13.7 Å². The molecule has 0 aromatic carbocycles. The van der Waals surface area contributed by atoms with Crippen molar-refractivity contribution in [2.45, 2.75) is 25.8 Å². The predicted octanol–water partition coefficient (Wildman–Crippen LogP) is 2.65. The van der Waals surface area contributed by atoms with Crippen molar-refractivity contribution in [3.05, 3.63) is 18.0 Å². The van der Waals surface area contributed by atoms with Crippen molar-refractivity contribution in [2.24, 2.45) is 5.92 Å². The first kappa shape index (κ1) is 14.6. The molecule has 3 heterocycles. The molecule has 0 radical (unpaired) electrons. The number of methoxy groups -OCH3 is 1. The van der Waals surface area contributed by atoms with Crippen molar-refractivity contribution in [1.82, 2.24) is 14.5 Å². The molecule has 1 unspecified atom stereocenters. The van der Waals surface area contributed by atoms with E-state index < -0.39 is 0 Å². The van der Waals surface area contributed by atoms with Crippen molar-refractivity contribution in [2.75, 3.05) is 26.2 Å². The molecule has 1 saturated heterocycles. The maximum atomic E-state index is 5.91. The summed E-state index contributed by atoms with van der Waals surface area (Å²) in [6, 6.07) is 3.79. The third-order valence-corrected chi connectivity index (χ3v) is 4.06. The number of nitrogens with zero attached hydrogens (tertiary/aromatic N) is 3. The van der Waals surface area contributed by atoms with Crippen molar-refractivity contribution < 1.29 is 9.47 Å². The highest BCUT2D eigenvalue weighted by Gasteiger charge is 2.19. The van der Waals surface area contributed by atoms with E-state index in [4.69, 9.17) is 21.1 Å². The molecule has 0 spiro atoms. The van der Waals surface area contributed by atoms with Gasteiger partial charge in [0.15, 0.2) is 5.65 Å². The van der Waals surface area contributed by atoms with Gasteiger partial charge < -0.3 is 14.0 Å². The summed E-state index contributed by atoms with van der Waals surface area (Å²) in [5.41, 5.74) is 1.77. The Morgan fingerprint density at radius 3 is 3.05 bits per heavy atom. The maximum absolute atomic E-state index is 5.91. The Kier molecular flexibility index (Phi) is 4.60. The monoisotopic (exact) mass is 309 g/mol. The van der Waals surface area contributed by atoms with Crippen molar-refractivity contribution in [1.29, 1.82) is 0 Å². The van der Waals surface area contributed by atoms with E-state index >= 15 is 0 Å². The highest BCUT2D eigenvalue weighted by molar-refractivity contribution is 6.17. The summed E-state index contributed by atoms with van der Waals surface area (Å²) in [6.45, 7) is 2.56. The second kappa shape index (κ2) is 6.62. The second-order valence-corrected chi connectivity index (χ2v) is 5.74. The van der Waals surface area contributed by atoms with Gasteiger partial charge in [0.1, 0.15) is 11.3 Å². The SMILES string of the molecule is COc1ccc2nc(CCCl)n(CC3CCCOC3)c2n1. The number of aromatic nitrogens is 3. The second-order valence-electron chi connectivity index (χ2n) is 5.36. The van der Waals surface area contributed by atoms with E-state index in [-0.39, 0.29) is 0 Å². The topological polar surface area (TPSA) is 49.2 Å². The Bertz CT molecular complexity index is 608. The van der Waals surface area contributed by atoms with Crippen LogP contribution in [0.5, 0.6) is 5.88 Å². The van der Waals surface area contributed by atoms with Gasteiger partial charge in [-0.15, -0.1) is 11.6 Å². The molecule has 0 aliphatic carbocycles. The molecular formula is C15H20ClN3O2. The van der Waals surface area contributed by atoms with E-state index in [1.54, 1.807) is 7.11 Å². The van der Waals surface area contributed by atoms with Gasteiger partial charge in [-0.3, -0.25) is 0 Å². The Hall–Kier alpha value is -1.33. The normalized spacial score (nSPS) is 19.0. The molecule has 2 aromatic heterocycles. The first-order chi connectivity index (χ1) is 10.3. The van der Waals surface area contributed by atoms with Crippen molar-refractivity contribution in [3.63, 3.8) is 0 Å². The molecule has 6 heteroatoms. The van der Waals surface area contributed by atoms with Gasteiger partial charge in [-0.2, -0.15) is 4.98 Å². The minimum atomic E-state index is 0.512. The highest BCUT2D eigenvalue weighted by atomic mass is 35.5. The van der Waals surface area contributed by atoms with E-state index in [0.29, 0.717) is 17.7 Å². The lowest BCUT2D eigenvalue weighted by molar-refractivity contribution is 0.0484. The molecule has 3 rings (SSSR count). The van der Waals surface area contributed by atoms with Crippen molar-refractivity contribution in [3.8, 4) is 5.88 Å². The van der Waals surface area contributed by atoms with E-state index in [1.807, 2.05) is 12.1 Å². The minimum Gasteiger partial charge on any atom is -0.481 e. The van der Waals surface area contributed by atoms with Crippen LogP contribution in [0.1, 0.15) is 18.7 Å². The van der Waals surface area contributed by atoms with Gasteiger partial charge in [-0.05, 0) is 18.9 Å². The van der Waals surface area contributed by atoms with Gasteiger partial charge in [0.2, 0.25) is 5.88 Å². The number of fused-ring (bicyclic) bond motifs is 1. The molecule has 5 nitrogen and oxygen atoms in total. The molecule has 114 valence electrons. The van der Waals surface area contributed by atoms with Crippen LogP contribution < -0.4 is 4.74 Å². The zero-order valence-corrected chi connectivity index (χ0v) is 13.0. The molecule has 0 saturated carbocycles. The molecule has 1 atom stereocenters. The standard InChI is InChI=1S/C15H20ClN3O2/c1-20-14-5-4-12-15(18-14)19(13(17-12)6-7-16)9-11-3-2-8-21-10-11/h4-5,11H,2-3,6-10H2,1H3. The third kappa shape index (κ3) is 3.14. The fraction of sp³-hybridized carbons (Fsp3) is 0.600. The summed E-state index contributed by atoms with van der Waals surface area (Å²) < 4.78 is 13.0. The average molecular weight is 310 g/mol. The lowest BCUT2D eigenvalue weighted by Gasteiger charge is -2.23. The summed E-state index contributed by atoms with van der Waals surface area (Å²) >= 11 is 5.91. The van der Waals surface area contributed by atoms with E-state index in [0.717, 1.165) is 49.6 Å². The lowest BCUT2D eigenvalue weighted by Crippen LogP contribution is -2.23. The van der Waals surface area contributed by atoms with Gasteiger partial charge in [0.25, 0.3) is 0 Å². The van der Waals surface area contributed by atoms with Crippen LogP contribution in [0.4, 0.5) is 0 Å². The number of alkyl halides is 1. The molecule has 2 aromatic rings. The minimum absolute atomic E-state index is 0.512. The van der Waals surface area contributed by atoms with Crippen LogP contribution in [0.3, 0.4) is 0 Å². The molecular weight excluding hydrogens is 290 g/mol. The maximum Gasteiger partial charge on any atom is 0.215 e. The number of hydrogen-bond acceptors (Lipinski definition) is 4. The first-order valence-electron chi connectivity index (χ1n) is 7.35. The smallest absolute Gasteiger partial charge is 0.215 e. The van der Waals surface area contributed by atoms with E-state index in [2.05, 4.69) is 14.5 Å². The largest absolute Gasteiger partial charge is 0.481 e. The molecule has 0 N–H and O–H groups in total. The average Bonchev–Trinajstić information content (AvgIpc) is 2.86. The van der Waals surface area contributed by atoms with Crippen LogP contribution in [-0.2, 0) is 17.7 Å². The molecule has 21 heavy (non-hydrogen) atoms. The van der Waals surface area contributed by atoms with E-state index in [1.165, 1.54) is 6.42 Å². The Morgan fingerprint density at radius 1 is 1.43 bits per heavy atom. The number of pyridine rings is 1. The summed E-state index contributed by atoms with van der Waals surface area (Å²) in [7, 11) is 1.63. The number of halogens is 1. The fourth-order valence-electron chi connectivity index (χ4n) is 2.82. The molecule has 0 amide bonds. The Morgan fingerprint density at radius 2 is 2.33 bits per heavy atom. The van der Waals surface area contributed by atoms with Gasteiger partial charge >= 0.3 is 0 Å². The Labute approximate surface area is 129 Å². The predicted molar refractivity (Wildman–Crippen MR) is 82.0 cm³/mol. The van der Waals surface area contributed by atoms with Crippen LogP contribution in [0.2, 0.25) is 0 Å².